The van der Waals surface area contributed by atoms with E-state index in [4.69, 9.17) is 4.74 Å². The lowest BCUT2D eigenvalue weighted by Gasteiger charge is -2.32. The standard InChI is InChI=1S/C17H32N2O3/c1-5-6-7-8-11-18-15(20)14-9-12-19(13-10-14)16(21)22-17(2,3)4/h14H,5-13H2,1-4H3,(H,18,20). The molecule has 0 aromatic heterocycles. The Morgan fingerprint density at radius 2 is 1.77 bits per heavy atom. The zero-order valence-corrected chi connectivity index (χ0v) is 14.6. The molecule has 0 atom stereocenters. The van der Waals surface area contributed by atoms with Crippen molar-refractivity contribution in [3.05, 3.63) is 0 Å². The zero-order chi connectivity index (χ0) is 16.6. The van der Waals surface area contributed by atoms with Crippen LogP contribution in [0.1, 0.15) is 66.2 Å². The summed E-state index contributed by atoms with van der Waals surface area (Å²) in [6.45, 7) is 9.74. The quantitative estimate of drug-likeness (QED) is 0.765. The van der Waals surface area contributed by atoms with Gasteiger partial charge in [0.1, 0.15) is 5.60 Å². The molecule has 1 fully saturated rings. The molecule has 1 aliphatic rings. The number of hydrogen-bond acceptors (Lipinski definition) is 3. The summed E-state index contributed by atoms with van der Waals surface area (Å²) in [5, 5.41) is 3.02. The lowest BCUT2D eigenvalue weighted by molar-refractivity contribution is -0.126. The number of nitrogens with one attached hydrogen (secondary N) is 1. The average molecular weight is 312 g/mol. The summed E-state index contributed by atoms with van der Waals surface area (Å²) in [7, 11) is 0. The molecule has 0 bridgehead atoms. The predicted molar refractivity (Wildman–Crippen MR) is 87.7 cm³/mol. The minimum Gasteiger partial charge on any atom is -0.444 e. The van der Waals surface area contributed by atoms with Gasteiger partial charge in [0.05, 0.1) is 0 Å². The van der Waals surface area contributed by atoms with E-state index in [1.54, 1.807) is 4.90 Å². The van der Waals surface area contributed by atoms with Crippen molar-refractivity contribution in [2.45, 2.75) is 71.8 Å². The number of amides is 2. The van der Waals surface area contributed by atoms with E-state index in [0.717, 1.165) is 25.8 Å². The topological polar surface area (TPSA) is 58.6 Å². The van der Waals surface area contributed by atoms with E-state index in [-0.39, 0.29) is 17.9 Å². The Hall–Kier alpha value is -1.26. The maximum Gasteiger partial charge on any atom is 0.410 e. The van der Waals surface area contributed by atoms with E-state index in [2.05, 4.69) is 12.2 Å². The summed E-state index contributed by atoms with van der Waals surface area (Å²) in [4.78, 5) is 25.8. The highest BCUT2D eigenvalue weighted by Gasteiger charge is 2.29. The van der Waals surface area contributed by atoms with Crippen molar-refractivity contribution in [2.75, 3.05) is 19.6 Å². The van der Waals surface area contributed by atoms with Crippen LogP contribution in [-0.2, 0) is 9.53 Å². The Morgan fingerprint density at radius 1 is 1.14 bits per heavy atom. The third-order valence-electron chi connectivity index (χ3n) is 3.85. The minimum atomic E-state index is -0.468. The zero-order valence-electron chi connectivity index (χ0n) is 14.6. The number of unbranched alkanes of at least 4 members (excludes halogenated alkanes) is 3. The molecule has 0 aromatic carbocycles. The van der Waals surface area contributed by atoms with Crippen LogP contribution < -0.4 is 5.32 Å². The van der Waals surface area contributed by atoms with Crippen molar-refractivity contribution >= 4 is 12.0 Å². The Morgan fingerprint density at radius 3 is 2.32 bits per heavy atom. The number of ether oxygens (including phenoxy) is 1. The number of likely N-dealkylation sites (tertiary alicyclic amines) is 1. The Balaban J connectivity index is 2.24. The number of hydrogen-bond donors (Lipinski definition) is 1. The highest BCUT2D eigenvalue weighted by atomic mass is 16.6. The number of rotatable bonds is 6. The second kappa shape index (κ2) is 9.01. The monoisotopic (exact) mass is 312 g/mol. The maximum atomic E-state index is 12.1. The van der Waals surface area contributed by atoms with Gasteiger partial charge >= 0.3 is 6.09 Å². The van der Waals surface area contributed by atoms with Crippen molar-refractivity contribution in [2.24, 2.45) is 5.92 Å². The fourth-order valence-electron chi connectivity index (χ4n) is 2.56. The van der Waals surface area contributed by atoms with E-state index in [9.17, 15) is 9.59 Å². The second-order valence-corrected chi connectivity index (χ2v) is 7.09. The molecule has 2 amide bonds. The molecule has 5 nitrogen and oxygen atoms in total. The second-order valence-electron chi connectivity index (χ2n) is 7.09. The van der Waals surface area contributed by atoms with Crippen LogP contribution in [0.2, 0.25) is 0 Å². The average Bonchev–Trinajstić information content (AvgIpc) is 2.45. The molecule has 1 N–H and O–H groups in total. The third-order valence-corrected chi connectivity index (χ3v) is 3.85. The molecular weight excluding hydrogens is 280 g/mol. The lowest BCUT2D eigenvalue weighted by Crippen LogP contribution is -2.45. The van der Waals surface area contributed by atoms with Gasteiger partial charge in [-0.05, 0) is 40.0 Å². The molecule has 5 heteroatoms. The van der Waals surface area contributed by atoms with Gasteiger partial charge in [0.25, 0.3) is 0 Å². The summed E-state index contributed by atoms with van der Waals surface area (Å²) in [6.07, 6.45) is 5.83. The van der Waals surface area contributed by atoms with Crippen molar-refractivity contribution in [1.82, 2.24) is 10.2 Å². The molecule has 0 aliphatic carbocycles. The molecule has 128 valence electrons. The van der Waals surface area contributed by atoms with E-state index >= 15 is 0 Å². The van der Waals surface area contributed by atoms with Gasteiger partial charge in [-0.25, -0.2) is 4.79 Å². The van der Waals surface area contributed by atoms with Crippen molar-refractivity contribution < 1.29 is 14.3 Å². The fraction of sp³-hybridized carbons (Fsp3) is 0.882. The smallest absolute Gasteiger partial charge is 0.410 e. The van der Waals surface area contributed by atoms with E-state index in [0.29, 0.717) is 13.1 Å². The van der Waals surface area contributed by atoms with Crippen LogP contribution in [0.3, 0.4) is 0 Å². The maximum absolute atomic E-state index is 12.1. The van der Waals surface area contributed by atoms with Crippen molar-refractivity contribution in [1.29, 1.82) is 0 Å². The molecule has 0 radical (unpaired) electrons. The molecule has 0 saturated carbocycles. The van der Waals surface area contributed by atoms with Gasteiger partial charge in [0, 0.05) is 25.6 Å². The third kappa shape index (κ3) is 7.14. The van der Waals surface area contributed by atoms with Gasteiger partial charge in [-0.2, -0.15) is 0 Å². The van der Waals surface area contributed by atoms with Crippen LogP contribution in [0.4, 0.5) is 4.79 Å². The Bertz CT molecular complexity index is 355. The number of carbonyl (C=O) groups excluding carboxylic acids is 2. The first-order valence-corrected chi connectivity index (χ1v) is 8.59. The van der Waals surface area contributed by atoms with E-state index in [1.165, 1.54) is 19.3 Å². The fourth-order valence-corrected chi connectivity index (χ4v) is 2.56. The molecule has 0 unspecified atom stereocenters. The largest absolute Gasteiger partial charge is 0.444 e. The van der Waals surface area contributed by atoms with Gasteiger partial charge in [-0.3, -0.25) is 4.79 Å². The van der Waals surface area contributed by atoms with Crippen LogP contribution in [0.15, 0.2) is 0 Å². The van der Waals surface area contributed by atoms with E-state index < -0.39 is 5.60 Å². The molecule has 0 spiro atoms. The summed E-state index contributed by atoms with van der Waals surface area (Å²) in [6, 6.07) is 0. The first kappa shape index (κ1) is 18.8. The summed E-state index contributed by atoms with van der Waals surface area (Å²) >= 11 is 0. The summed E-state index contributed by atoms with van der Waals surface area (Å²) in [5.41, 5.74) is -0.468. The normalized spacial score (nSPS) is 16.5. The van der Waals surface area contributed by atoms with E-state index in [1.807, 2.05) is 20.8 Å². The van der Waals surface area contributed by atoms with Crippen LogP contribution in [0, 0.1) is 5.92 Å². The summed E-state index contributed by atoms with van der Waals surface area (Å²) in [5.74, 6) is 0.171. The number of nitrogens with zero attached hydrogens (tertiary/aromatic N) is 1. The molecule has 0 aromatic rings. The van der Waals surface area contributed by atoms with Crippen LogP contribution in [0.25, 0.3) is 0 Å². The first-order chi connectivity index (χ1) is 10.3. The first-order valence-electron chi connectivity index (χ1n) is 8.59. The van der Waals surface area contributed by atoms with Gasteiger partial charge in [-0.1, -0.05) is 26.2 Å². The van der Waals surface area contributed by atoms with Crippen molar-refractivity contribution in [3.63, 3.8) is 0 Å². The summed E-state index contributed by atoms with van der Waals surface area (Å²) < 4.78 is 5.36. The lowest BCUT2D eigenvalue weighted by atomic mass is 9.96. The van der Waals surface area contributed by atoms with Crippen LogP contribution >= 0.6 is 0 Å². The van der Waals surface area contributed by atoms with Gasteiger partial charge in [0.15, 0.2) is 0 Å². The minimum absolute atomic E-state index is 0.0323. The SMILES string of the molecule is CCCCCCNC(=O)C1CCN(C(=O)OC(C)(C)C)CC1. The Labute approximate surface area is 134 Å². The molecule has 1 rings (SSSR count). The molecular formula is C17H32N2O3. The van der Waals surface area contributed by atoms with Gasteiger partial charge < -0.3 is 15.0 Å². The number of carbonyl (C=O) groups is 2. The highest BCUT2D eigenvalue weighted by molar-refractivity contribution is 5.79. The van der Waals surface area contributed by atoms with Crippen LogP contribution in [-0.4, -0.2) is 42.1 Å². The molecule has 1 heterocycles. The Kier molecular flexibility index (Phi) is 7.69. The van der Waals surface area contributed by atoms with Crippen LogP contribution in [0.5, 0.6) is 0 Å². The molecule has 1 aliphatic heterocycles. The highest BCUT2D eigenvalue weighted by Crippen LogP contribution is 2.19. The van der Waals surface area contributed by atoms with Gasteiger partial charge in [-0.15, -0.1) is 0 Å². The predicted octanol–water partition coefficient (Wildman–Crippen LogP) is 3.33. The molecule has 22 heavy (non-hydrogen) atoms. The van der Waals surface area contributed by atoms with Crippen molar-refractivity contribution in [3.8, 4) is 0 Å². The van der Waals surface area contributed by atoms with Gasteiger partial charge in [0.2, 0.25) is 5.91 Å². The molecule has 1 saturated heterocycles. The number of piperidine rings is 1.